The Bertz CT molecular complexity index is 452. The molecule has 0 bridgehead atoms. The molecule has 1 aliphatic carbocycles. The average molecular weight is 304 g/mol. The van der Waals surface area contributed by atoms with Crippen LogP contribution in [-0.2, 0) is 9.59 Å². The van der Waals surface area contributed by atoms with Crippen LogP contribution in [0.4, 0.5) is 0 Å². The third-order valence-corrected chi connectivity index (χ3v) is 5.35. The molecule has 0 aromatic rings. The van der Waals surface area contributed by atoms with E-state index in [1.165, 1.54) is 0 Å². The van der Waals surface area contributed by atoms with Crippen LogP contribution in [0, 0.1) is 5.92 Å². The van der Waals surface area contributed by atoms with Gasteiger partial charge in [-0.15, -0.1) is 0 Å². The molecular weight excluding hydrogens is 276 g/mol. The predicted molar refractivity (Wildman–Crippen MR) is 86.3 cm³/mol. The van der Waals surface area contributed by atoms with Crippen LogP contribution in [0.5, 0.6) is 0 Å². The summed E-state index contributed by atoms with van der Waals surface area (Å²) in [5.41, 5.74) is 1.02. The molecule has 122 valence electrons. The molecule has 4 heteroatoms. The number of likely N-dealkylation sites (tertiary alicyclic amines) is 2. The third kappa shape index (κ3) is 3.71. The predicted octanol–water partition coefficient (Wildman–Crippen LogP) is 2.74. The van der Waals surface area contributed by atoms with E-state index in [1.54, 1.807) is 0 Å². The van der Waals surface area contributed by atoms with Crippen LogP contribution in [0.3, 0.4) is 0 Å². The summed E-state index contributed by atoms with van der Waals surface area (Å²) >= 11 is 0. The fraction of sp³-hybridized carbons (Fsp3) is 0.778. The summed E-state index contributed by atoms with van der Waals surface area (Å²) in [5.74, 6) is 1.08. The number of carbonyl (C=O) groups excluding carboxylic acids is 2. The van der Waals surface area contributed by atoms with Gasteiger partial charge in [-0.05, 0) is 57.3 Å². The Balaban J connectivity index is 1.46. The highest BCUT2D eigenvalue weighted by atomic mass is 16.2. The first kappa shape index (κ1) is 15.6. The van der Waals surface area contributed by atoms with Gasteiger partial charge in [0, 0.05) is 38.2 Å². The number of amides is 2. The normalized spacial score (nSPS) is 25.5. The van der Waals surface area contributed by atoms with Crippen molar-refractivity contribution in [2.75, 3.05) is 26.2 Å². The minimum absolute atomic E-state index is 0.257. The van der Waals surface area contributed by atoms with E-state index in [1.807, 2.05) is 9.80 Å². The van der Waals surface area contributed by atoms with Crippen molar-refractivity contribution in [2.45, 2.75) is 57.8 Å². The maximum Gasteiger partial charge on any atom is 0.249 e. The highest BCUT2D eigenvalue weighted by molar-refractivity contribution is 5.93. The summed E-state index contributed by atoms with van der Waals surface area (Å²) in [7, 11) is 0. The molecule has 0 saturated carbocycles. The van der Waals surface area contributed by atoms with E-state index in [0.29, 0.717) is 18.2 Å². The van der Waals surface area contributed by atoms with Crippen molar-refractivity contribution in [3.8, 4) is 0 Å². The SMILES string of the molecule is O=C(CCC1CCCN(C(=O)C2=CCCC2)C1)N1CCCC1. The van der Waals surface area contributed by atoms with Crippen molar-refractivity contribution in [1.82, 2.24) is 9.80 Å². The highest BCUT2D eigenvalue weighted by Crippen LogP contribution is 2.26. The summed E-state index contributed by atoms with van der Waals surface area (Å²) < 4.78 is 0. The Kier molecular flexibility index (Phi) is 5.16. The van der Waals surface area contributed by atoms with Crippen LogP contribution in [0.25, 0.3) is 0 Å². The fourth-order valence-corrected chi connectivity index (χ4v) is 4.01. The maximum atomic E-state index is 12.5. The number of allylic oxidation sites excluding steroid dienone is 1. The Hall–Kier alpha value is -1.32. The summed E-state index contributed by atoms with van der Waals surface area (Å²) in [4.78, 5) is 28.7. The van der Waals surface area contributed by atoms with Gasteiger partial charge in [-0.2, -0.15) is 0 Å². The number of rotatable bonds is 4. The van der Waals surface area contributed by atoms with Gasteiger partial charge >= 0.3 is 0 Å². The maximum absolute atomic E-state index is 12.5. The molecule has 2 heterocycles. The monoisotopic (exact) mass is 304 g/mol. The van der Waals surface area contributed by atoms with Crippen LogP contribution >= 0.6 is 0 Å². The van der Waals surface area contributed by atoms with Crippen LogP contribution < -0.4 is 0 Å². The van der Waals surface area contributed by atoms with Gasteiger partial charge in [0.15, 0.2) is 0 Å². The van der Waals surface area contributed by atoms with Crippen molar-refractivity contribution >= 4 is 11.8 Å². The van der Waals surface area contributed by atoms with E-state index < -0.39 is 0 Å². The van der Waals surface area contributed by atoms with Crippen molar-refractivity contribution in [2.24, 2.45) is 5.92 Å². The summed E-state index contributed by atoms with van der Waals surface area (Å²) in [6.45, 7) is 3.64. The smallest absolute Gasteiger partial charge is 0.249 e. The van der Waals surface area contributed by atoms with Gasteiger partial charge < -0.3 is 9.80 Å². The number of hydrogen-bond acceptors (Lipinski definition) is 2. The second-order valence-electron chi connectivity index (χ2n) is 7.01. The van der Waals surface area contributed by atoms with Crippen LogP contribution in [0.2, 0.25) is 0 Å². The molecule has 2 aliphatic heterocycles. The van der Waals surface area contributed by atoms with E-state index in [9.17, 15) is 9.59 Å². The standard InChI is InChI=1S/C18H28N2O2/c21-17(19-11-3-4-12-19)10-9-15-6-5-13-20(14-15)18(22)16-7-1-2-8-16/h7,15H,1-6,8-14H2. The van der Waals surface area contributed by atoms with Crippen LogP contribution in [-0.4, -0.2) is 47.8 Å². The van der Waals surface area contributed by atoms with E-state index in [4.69, 9.17) is 0 Å². The second kappa shape index (κ2) is 7.30. The molecule has 2 saturated heterocycles. The molecule has 0 radical (unpaired) electrons. The number of piperidine rings is 1. The minimum atomic E-state index is 0.257. The molecule has 0 aromatic heterocycles. The molecule has 0 N–H and O–H groups in total. The quantitative estimate of drug-likeness (QED) is 0.801. The molecule has 1 unspecified atom stereocenters. The van der Waals surface area contributed by atoms with E-state index in [-0.39, 0.29) is 5.91 Å². The summed E-state index contributed by atoms with van der Waals surface area (Å²) in [5, 5.41) is 0. The number of nitrogens with zero attached hydrogens (tertiary/aromatic N) is 2. The van der Waals surface area contributed by atoms with Gasteiger partial charge in [-0.3, -0.25) is 9.59 Å². The van der Waals surface area contributed by atoms with Crippen molar-refractivity contribution in [3.05, 3.63) is 11.6 Å². The summed E-state index contributed by atoms with van der Waals surface area (Å²) in [6.07, 6.45) is 11.4. The fourth-order valence-electron chi connectivity index (χ4n) is 4.01. The molecule has 3 aliphatic rings. The Morgan fingerprint density at radius 1 is 1.05 bits per heavy atom. The zero-order chi connectivity index (χ0) is 15.4. The molecule has 22 heavy (non-hydrogen) atoms. The van der Waals surface area contributed by atoms with Gasteiger partial charge in [-0.1, -0.05) is 6.08 Å². The van der Waals surface area contributed by atoms with Crippen LogP contribution in [0.15, 0.2) is 11.6 Å². The first-order chi connectivity index (χ1) is 10.7. The highest BCUT2D eigenvalue weighted by Gasteiger charge is 2.27. The average Bonchev–Trinajstić information content (AvgIpc) is 3.25. The lowest BCUT2D eigenvalue weighted by Gasteiger charge is -2.33. The van der Waals surface area contributed by atoms with Gasteiger partial charge in [0.1, 0.15) is 0 Å². The van der Waals surface area contributed by atoms with Crippen molar-refractivity contribution < 1.29 is 9.59 Å². The Morgan fingerprint density at radius 2 is 1.82 bits per heavy atom. The van der Waals surface area contributed by atoms with Gasteiger partial charge in [-0.25, -0.2) is 0 Å². The third-order valence-electron chi connectivity index (χ3n) is 5.35. The van der Waals surface area contributed by atoms with Crippen LogP contribution in [0.1, 0.15) is 57.8 Å². The lowest BCUT2D eigenvalue weighted by molar-refractivity contribution is -0.130. The van der Waals surface area contributed by atoms with Gasteiger partial charge in [0.2, 0.25) is 11.8 Å². The molecule has 2 fully saturated rings. The lowest BCUT2D eigenvalue weighted by Crippen LogP contribution is -2.40. The van der Waals surface area contributed by atoms with E-state index in [0.717, 1.165) is 83.1 Å². The van der Waals surface area contributed by atoms with Gasteiger partial charge in [0.25, 0.3) is 0 Å². The van der Waals surface area contributed by atoms with Crippen molar-refractivity contribution in [1.29, 1.82) is 0 Å². The molecular formula is C18H28N2O2. The number of carbonyl (C=O) groups is 2. The Labute approximate surface area is 133 Å². The van der Waals surface area contributed by atoms with E-state index >= 15 is 0 Å². The Morgan fingerprint density at radius 3 is 2.55 bits per heavy atom. The zero-order valence-electron chi connectivity index (χ0n) is 13.6. The van der Waals surface area contributed by atoms with E-state index in [2.05, 4.69) is 6.08 Å². The minimum Gasteiger partial charge on any atom is -0.343 e. The van der Waals surface area contributed by atoms with Crippen molar-refractivity contribution in [3.63, 3.8) is 0 Å². The molecule has 1 atom stereocenters. The lowest BCUT2D eigenvalue weighted by atomic mass is 9.92. The first-order valence-electron chi connectivity index (χ1n) is 9.00. The topological polar surface area (TPSA) is 40.6 Å². The number of hydrogen-bond donors (Lipinski definition) is 0. The molecule has 0 aromatic carbocycles. The molecule has 3 rings (SSSR count). The van der Waals surface area contributed by atoms with Gasteiger partial charge in [0.05, 0.1) is 0 Å². The first-order valence-corrected chi connectivity index (χ1v) is 9.00. The molecule has 2 amide bonds. The molecule has 0 spiro atoms. The second-order valence-corrected chi connectivity index (χ2v) is 7.01. The zero-order valence-corrected chi connectivity index (χ0v) is 13.6. The largest absolute Gasteiger partial charge is 0.343 e. The summed E-state index contributed by atoms with van der Waals surface area (Å²) in [6, 6.07) is 0. The molecule has 4 nitrogen and oxygen atoms in total.